The topological polar surface area (TPSA) is 51.1 Å². The molecule has 5 nitrogen and oxygen atoms in total. The number of hydrogen-bond acceptors (Lipinski definition) is 3. The Morgan fingerprint density at radius 2 is 2.26 bits per heavy atom. The van der Waals surface area contributed by atoms with Gasteiger partial charge in [0.25, 0.3) is 0 Å². The van der Waals surface area contributed by atoms with Crippen LogP contribution >= 0.6 is 12.2 Å². The van der Waals surface area contributed by atoms with Gasteiger partial charge < -0.3 is 15.4 Å². The molecule has 0 aliphatic rings. The van der Waals surface area contributed by atoms with Crippen LogP contribution in [0.15, 0.2) is 36.7 Å². The summed E-state index contributed by atoms with van der Waals surface area (Å²) in [5, 5.41) is 11.3. The van der Waals surface area contributed by atoms with Gasteiger partial charge in [-0.15, -0.1) is 0 Å². The summed E-state index contributed by atoms with van der Waals surface area (Å²) < 4.78 is 7.18. The second-order valence-corrected chi connectivity index (χ2v) is 5.76. The fourth-order valence-corrected chi connectivity index (χ4v) is 2.43. The Morgan fingerprint density at radius 3 is 3.04 bits per heavy atom. The van der Waals surface area contributed by atoms with Crippen LogP contribution in [0.4, 0.5) is 5.69 Å². The molecular weight excluding hydrogens is 308 g/mol. The molecule has 23 heavy (non-hydrogen) atoms. The minimum absolute atomic E-state index is 0.608. The van der Waals surface area contributed by atoms with E-state index in [1.54, 1.807) is 6.20 Å². The van der Waals surface area contributed by atoms with Crippen molar-refractivity contribution in [3.63, 3.8) is 0 Å². The van der Waals surface area contributed by atoms with Crippen LogP contribution < -0.4 is 10.6 Å². The summed E-state index contributed by atoms with van der Waals surface area (Å²) in [5.41, 5.74) is 3.38. The molecule has 0 atom stereocenters. The predicted octanol–water partition coefficient (Wildman–Crippen LogP) is 2.95. The van der Waals surface area contributed by atoms with Crippen molar-refractivity contribution in [3.8, 4) is 0 Å². The molecule has 0 radical (unpaired) electrons. The zero-order chi connectivity index (χ0) is 16.5. The Balaban J connectivity index is 1.77. The van der Waals surface area contributed by atoms with Crippen molar-refractivity contribution >= 4 is 23.0 Å². The van der Waals surface area contributed by atoms with Gasteiger partial charge in [0.15, 0.2) is 5.11 Å². The Bertz CT molecular complexity index is 627. The van der Waals surface area contributed by atoms with Crippen LogP contribution in [0.25, 0.3) is 0 Å². The third-order valence-corrected chi connectivity index (χ3v) is 3.52. The molecule has 2 rings (SSSR count). The van der Waals surface area contributed by atoms with Crippen LogP contribution in [-0.4, -0.2) is 34.7 Å². The second kappa shape index (κ2) is 9.27. The second-order valence-electron chi connectivity index (χ2n) is 5.35. The van der Waals surface area contributed by atoms with Crippen molar-refractivity contribution in [1.82, 2.24) is 15.1 Å². The average molecular weight is 332 g/mol. The van der Waals surface area contributed by atoms with Crippen LogP contribution in [0.1, 0.15) is 24.5 Å². The van der Waals surface area contributed by atoms with Gasteiger partial charge in [0.1, 0.15) is 0 Å². The van der Waals surface area contributed by atoms with Gasteiger partial charge in [0.05, 0.1) is 18.4 Å². The van der Waals surface area contributed by atoms with Crippen LogP contribution in [0.3, 0.4) is 0 Å². The Hall–Kier alpha value is -1.92. The van der Waals surface area contributed by atoms with Gasteiger partial charge in [-0.2, -0.15) is 5.10 Å². The van der Waals surface area contributed by atoms with Gasteiger partial charge in [-0.3, -0.25) is 4.68 Å². The van der Waals surface area contributed by atoms with Gasteiger partial charge in [0, 0.05) is 26.0 Å². The smallest absolute Gasteiger partial charge is 0.170 e. The lowest BCUT2D eigenvalue weighted by Gasteiger charge is -2.08. The lowest BCUT2D eigenvalue weighted by Crippen LogP contribution is -2.29. The molecular formula is C17H24N4OS. The first-order valence-corrected chi connectivity index (χ1v) is 8.29. The standard InChI is InChI=1S/C17H24N4OS/c1-3-22-9-5-8-18-17(23)20-16-11-19-21(13-16)12-15-7-4-6-14(2)10-15/h4,6-7,10-11,13H,3,5,8-9,12H2,1-2H3,(H2,18,20,23). The summed E-state index contributed by atoms with van der Waals surface area (Å²) in [6.07, 6.45) is 4.67. The zero-order valence-corrected chi connectivity index (χ0v) is 14.5. The van der Waals surface area contributed by atoms with E-state index < -0.39 is 0 Å². The molecule has 0 saturated carbocycles. The van der Waals surface area contributed by atoms with E-state index >= 15 is 0 Å². The fourth-order valence-electron chi connectivity index (χ4n) is 2.21. The summed E-state index contributed by atoms with van der Waals surface area (Å²) in [7, 11) is 0. The first-order valence-electron chi connectivity index (χ1n) is 7.88. The number of ether oxygens (including phenoxy) is 1. The quantitative estimate of drug-likeness (QED) is 0.575. The number of aryl methyl sites for hydroxylation is 1. The summed E-state index contributed by atoms with van der Waals surface area (Å²) in [6.45, 7) is 7.13. The Morgan fingerprint density at radius 1 is 1.39 bits per heavy atom. The lowest BCUT2D eigenvalue weighted by molar-refractivity contribution is 0.146. The highest BCUT2D eigenvalue weighted by Gasteiger charge is 2.02. The summed E-state index contributed by atoms with van der Waals surface area (Å²) in [6, 6.07) is 8.43. The third-order valence-electron chi connectivity index (χ3n) is 3.27. The number of nitrogens with one attached hydrogen (secondary N) is 2. The van der Waals surface area contributed by atoms with Crippen molar-refractivity contribution in [2.75, 3.05) is 25.1 Å². The summed E-state index contributed by atoms with van der Waals surface area (Å²) in [4.78, 5) is 0. The maximum absolute atomic E-state index is 5.28. The van der Waals surface area contributed by atoms with E-state index in [0.29, 0.717) is 5.11 Å². The third kappa shape index (κ3) is 6.38. The van der Waals surface area contributed by atoms with Gasteiger partial charge >= 0.3 is 0 Å². The van der Waals surface area contributed by atoms with E-state index in [0.717, 1.165) is 38.4 Å². The first-order chi connectivity index (χ1) is 11.2. The molecule has 124 valence electrons. The molecule has 1 aromatic heterocycles. The van der Waals surface area contributed by atoms with Crippen LogP contribution in [0.2, 0.25) is 0 Å². The molecule has 0 amide bonds. The number of hydrogen-bond donors (Lipinski definition) is 2. The molecule has 2 aromatic rings. The fraction of sp³-hybridized carbons (Fsp3) is 0.412. The number of aromatic nitrogens is 2. The highest BCUT2D eigenvalue weighted by molar-refractivity contribution is 7.80. The number of benzene rings is 1. The lowest BCUT2D eigenvalue weighted by atomic mass is 10.1. The molecule has 1 heterocycles. The van der Waals surface area contributed by atoms with E-state index in [1.165, 1.54) is 11.1 Å². The van der Waals surface area contributed by atoms with Crippen molar-refractivity contribution in [2.24, 2.45) is 0 Å². The highest BCUT2D eigenvalue weighted by atomic mass is 32.1. The highest BCUT2D eigenvalue weighted by Crippen LogP contribution is 2.09. The van der Waals surface area contributed by atoms with Gasteiger partial charge in [0.2, 0.25) is 0 Å². The molecule has 0 bridgehead atoms. The minimum atomic E-state index is 0.608. The van der Waals surface area contributed by atoms with Gasteiger partial charge in [-0.25, -0.2) is 0 Å². The van der Waals surface area contributed by atoms with E-state index in [2.05, 4.69) is 46.9 Å². The SMILES string of the molecule is CCOCCCNC(=S)Nc1cnn(Cc2cccc(C)c2)c1. The molecule has 0 aliphatic carbocycles. The average Bonchev–Trinajstić information content (AvgIpc) is 2.94. The van der Waals surface area contributed by atoms with Crippen LogP contribution in [0, 0.1) is 6.92 Å². The van der Waals surface area contributed by atoms with Crippen molar-refractivity contribution in [1.29, 1.82) is 0 Å². The van der Waals surface area contributed by atoms with E-state index in [1.807, 2.05) is 17.8 Å². The molecule has 0 unspecified atom stereocenters. The van der Waals surface area contributed by atoms with E-state index in [-0.39, 0.29) is 0 Å². The van der Waals surface area contributed by atoms with Crippen molar-refractivity contribution < 1.29 is 4.74 Å². The number of thiocarbonyl (C=S) groups is 1. The minimum Gasteiger partial charge on any atom is -0.382 e. The number of rotatable bonds is 8. The number of anilines is 1. The molecule has 0 fully saturated rings. The number of nitrogens with zero attached hydrogens (tertiary/aromatic N) is 2. The van der Waals surface area contributed by atoms with Crippen LogP contribution in [0.5, 0.6) is 0 Å². The summed E-state index contributed by atoms with van der Waals surface area (Å²) in [5.74, 6) is 0. The monoisotopic (exact) mass is 332 g/mol. The van der Waals surface area contributed by atoms with Gasteiger partial charge in [-0.05, 0) is 38.0 Å². The Kier molecular flexibility index (Phi) is 7.03. The van der Waals surface area contributed by atoms with Crippen molar-refractivity contribution in [2.45, 2.75) is 26.8 Å². The largest absolute Gasteiger partial charge is 0.382 e. The molecule has 2 N–H and O–H groups in total. The molecule has 0 spiro atoms. The predicted molar refractivity (Wildman–Crippen MR) is 97.8 cm³/mol. The van der Waals surface area contributed by atoms with Crippen molar-refractivity contribution in [3.05, 3.63) is 47.8 Å². The first kappa shape index (κ1) is 17.4. The molecule has 0 aliphatic heterocycles. The Labute approximate surface area is 143 Å². The molecule has 1 aromatic carbocycles. The molecule has 6 heteroatoms. The zero-order valence-electron chi connectivity index (χ0n) is 13.7. The van der Waals surface area contributed by atoms with Gasteiger partial charge in [-0.1, -0.05) is 29.8 Å². The normalized spacial score (nSPS) is 10.5. The van der Waals surface area contributed by atoms with E-state index in [4.69, 9.17) is 17.0 Å². The maximum atomic E-state index is 5.28. The summed E-state index contributed by atoms with van der Waals surface area (Å²) >= 11 is 5.27. The molecule has 0 saturated heterocycles. The maximum Gasteiger partial charge on any atom is 0.170 e. The van der Waals surface area contributed by atoms with Crippen LogP contribution in [-0.2, 0) is 11.3 Å². The van der Waals surface area contributed by atoms with E-state index in [9.17, 15) is 0 Å².